The van der Waals surface area contributed by atoms with E-state index in [1.807, 2.05) is 12.3 Å². The molecule has 108 valence electrons. The minimum absolute atomic E-state index is 0.638. The second-order valence-electron chi connectivity index (χ2n) is 6.22. The van der Waals surface area contributed by atoms with Crippen LogP contribution in [0.15, 0.2) is 18.5 Å². The Balaban J connectivity index is 2.56. The molecule has 0 spiro atoms. The van der Waals surface area contributed by atoms with Gasteiger partial charge in [-0.1, -0.05) is 39.3 Å². The number of pyridine rings is 1. The van der Waals surface area contributed by atoms with E-state index in [0.29, 0.717) is 17.8 Å². The van der Waals surface area contributed by atoms with Gasteiger partial charge in [0.15, 0.2) is 0 Å². The van der Waals surface area contributed by atoms with Crippen LogP contribution in [0.5, 0.6) is 0 Å². The number of halogens is 1. The zero-order chi connectivity index (χ0) is 14.3. The number of nitrogens with one attached hydrogen (secondary N) is 1. The van der Waals surface area contributed by atoms with E-state index in [2.05, 4.69) is 38.0 Å². The zero-order valence-electron chi connectivity index (χ0n) is 12.6. The average Bonchev–Trinajstić information content (AvgIpc) is 2.30. The topological polar surface area (TPSA) is 24.9 Å². The fourth-order valence-electron chi connectivity index (χ4n) is 2.36. The molecule has 0 aliphatic heterocycles. The first-order valence-corrected chi connectivity index (χ1v) is 7.66. The number of rotatable bonds is 8. The molecular weight excluding hydrogens is 256 g/mol. The van der Waals surface area contributed by atoms with Crippen molar-refractivity contribution < 1.29 is 0 Å². The highest BCUT2D eigenvalue weighted by atomic mass is 35.5. The molecule has 2 nitrogen and oxygen atoms in total. The Labute approximate surface area is 123 Å². The van der Waals surface area contributed by atoms with Gasteiger partial charge in [-0.25, -0.2) is 0 Å². The Kier molecular flexibility index (Phi) is 7.40. The largest absolute Gasteiger partial charge is 0.316 e. The van der Waals surface area contributed by atoms with Crippen LogP contribution in [0.1, 0.15) is 39.7 Å². The van der Waals surface area contributed by atoms with Gasteiger partial charge in [0.2, 0.25) is 0 Å². The van der Waals surface area contributed by atoms with Crippen molar-refractivity contribution in [2.45, 2.75) is 40.5 Å². The monoisotopic (exact) mass is 282 g/mol. The first kappa shape index (κ1) is 16.5. The lowest BCUT2D eigenvalue weighted by Crippen LogP contribution is -2.28. The van der Waals surface area contributed by atoms with Crippen LogP contribution < -0.4 is 5.32 Å². The molecule has 1 aromatic heterocycles. The van der Waals surface area contributed by atoms with E-state index in [9.17, 15) is 0 Å². The van der Waals surface area contributed by atoms with Crippen molar-refractivity contribution in [1.82, 2.24) is 10.3 Å². The van der Waals surface area contributed by atoms with E-state index < -0.39 is 0 Å². The van der Waals surface area contributed by atoms with Gasteiger partial charge in [-0.2, -0.15) is 0 Å². The molecule has 1 aromatic rings. The summed E-state index contributed by atoms with van der Waals surface area (Å²) >= 11 is 6.21. The molecule has 1 atom stereocenters. The molecule has 1 heterocycles. The van der Waals surface area contributed by atoms with Crippen LogP contribution in [0.3, 0.4) is 0 Å². The van der Waals surface area contributed by atoms with Gasteiger partial charge < -0.3 is 5.32 Å². The van der Waals surface area contributed by atoms with Crippen LogP contribution >= 0.6 is 11.6 Å². The van der Waals surface area contributed by atoms with Gasteiger partial charge in [-0.3, -0.25) is 4.98 Å². The van der Waals surface area contributed by atoms with E-state index >= 15 is 0 Å². The van der Waals surface area contributed by atoms with Crippen molar-refractivity contribution in [3.05, 3.63) is 29.0 Å². The summed E-state index contributed by atoms with van der Waals surface area (Å²) in [6.45, 7) is 11.2. The Bertz CT molecular complexity index is 364. The highest BCUT2D eigenvalue weighted by molar-refractivity contribution is 6.31. The summed E-state index contributed by atoms with van der Waals surface area (Å²) in [5.74, 6) is 2.05. The predicted molar refractivity (Wildman–Crippen MR) is 83.6 cm³/mol. The molecule has 1 N–H and O–H groups in total. The molecule has 0 aromatic carbocycles. The van der Waals surface area contributed by atoms with Crippen molar-refractivity contribution >= 4 is 11.6 Å². The molecular formula is C16H27ClN2. The van der Waals surface area contributed by atoms with Gasteiger partial charge >= 0.3 is 0 Å². The molecule has 0 radical (unpaired) electrons. The van der Waals surface area contributed by atoms with Gasteiger partial charge in [0.1, 0.15) is 0 Å². The summed E-state index contributed by atoms with van der Waals surface area (Å²) in [4.78, 5) is 4.05. The summed E-state index contributed by atoms with van der Waals surface area (Å²) in [5.41, 5.74) is 1.22. The maximum absolute atomic E-state index is 6.21. The summed E-state index contributed by atoms with van der Waals surface area (Å²) in [6, 6.07) is 2.04. The molecule has 0 fully saturated rings. The molecule has 1 unspecified atom stereocenters. The maximum atomic E-state index is 6.21. The summed E-state index contributed by atoms with van der Waals surface area (Å²) in [5, 5.41) is 4.36. The number of aromatic nitrogens is 1. The Morgan fingerprint density at radius 3 is 2.47 bits per heavy atom. The molecule has 0 bridgehead atoms. The number of hydrogen-bond donors (Lipinski definition) is 1. The molecule has 1 rings (SSSR count). The first-order chi connectivity index (χ1) is 8.99. The maximum Gasteiger partial charge on any atom is 0.0621 e. The third-order valence-corrected chi connectivity index (χ3v) is 3.50. The summed E-state index contributed by atoms with van der Waals surface area (Å²) in [6.07, 6.45) is 5.83. The number of nitrogens with zero attached hydrogens (tertiary/aromatic N) is 1. The fourth-order valence-corrected chi connectivity index (χ4v) is 2.56. The smallest absolute Gasteiger partial charge is 0.0621 e. The second kappa shape index (κ2) is 8.55. The molecule has 0 saturated carbocycles. The predicted octanol–water partition coefficient (Wildman–Crippen LogP) is 4.19. The molecule has 0 amide bonds. The quantitative estimate of drug-likeness (QED) is 0.773. The van der Waals surface area contributed by atoms with Crippen molar-refractivity contribution in [2.24, 2.45) is 17.8 Å². The Morgan fingerprint density at radius 2 is 1.89 bits per heavy atom. The molecule has 0 aliphatic rings. The normalized spacial score (nSPS) is 13.2. The third-order valence-electron chi connectivity index (χ3n) is 3.16. The van der Waals surface area contributed by atoms with E-state index in [1.165, 1.54) is 12.0 Å². The van der Waals surface area contributed by atoms with Crippen molar-refractivity contribution in [3.63, 3.8) is 0 Å². The van der Waals surface area contributed by atoms with Crippen molar-refractivity contribution in [1.29, 1.82) is 0 Å². The van der Waals surface area contributed by atoms with E-state index in [1.54, 1.807) is 6.20 Å². The highest BCUT2D eigenvalue weighted by Gasteiger charge is 2.13. The van der Waals surface area contributed by atoms with Gasteiger partial charge in [-0.15, -0.1) is 0 Å². The lowest BCUT2D eigenvalue weighted by atomic mass is 9.91. The van der Waals surface area contributed by atoms with Crippen LogP contribution in [0.2, 0.25) is 5.02 Å². The van der Waals surface area contributed by atoms with E-state index in [-0.39, 0.29) is 0 Å². The Hall–Kier alpha value is -0.600. The van der Waals surface area contributed by atoms with E-state index in [0.717, 1.165) is 24.5 Å². The van der Waals surface area contributed by atoms with Gasteiger partial charge in [0.25, 0.3) is 0 Å². The fraction of sp³-hybridized carbons (Fsp3) is 0.688. The van der Waals surface area contributed by atoms with Crippen LogP contribution in [-0.4, -0.2) is 18.1 Å². The molecule has 0 saturated heterocycles. The minimum atomic E-state index is 0.638. The molecule has 0 aliphatic carbocycles. The van der Waals surface area contributed by atoms with Crippen LogP contribution in [0, 0.1) is 17.8 Å². The molecule has 3 heteroatoms. The van der Waals surface area contributed by atoms with Crippen molar-refractivity contribution in [3.8, 4) is 0 Å². The molecule has 19 heavy (non-hydrogen) atoms. The lowest BCUT2D eigenvalue weighted by molar-refractivity contribution is 0.376. The lowest BCUT2D eigenvalue weighted by Gasteiger charge is -2.21. The average molecular weight is 283 g/mol. The van der Waals surface area contributed by atoms with Crippen LogP contribution in [0.4, 0.5) is 0 Å². The zero-order valence-corrected chi connectivity index (χ0v) is 13.4. The minimum Gasteiger partial charge on any atom is -0.316 e. The second-order valence-corrected chi connectivity index (χ2v) is 6.63. The van der Waals surface area contributed by atoms with Gasteiger partial charge in [0.05, 0.1) is 5.02 Å². The standard InChI is InChI=1S/C16H27ClN2/c1-12(2)7-14(10-19-9-13(3)4)8-15-5-6-18-11-16(15)17/h5-6,11-14,19H,7-10H2,1-4H3. The van der Waals surface area contributed by atoms with Crippen LogP contribution in [-0.2, 0) is 6.42 Å². The highest BCUT2D eigenvalue weighted by Crippen LogP contribution is 2.21. The van der Waals surface area contributed by atoms with E-state index in [4.69, 9.17) is 11.6 Å². The first-order valence-electron chi connectivity index (χ1n) is 7.28. The van der Waals surface area contributed by atoms with Crippen LogP contribution in [0.25, 0.3) is 0 Å². The van der Waals surface area contributed by atoms with Crippen molar-refractivity contribution in [2.75, 3.05) is 13.1 Å². The SMILES string of the molecule is CC(C)CNCC(Cc1ccncc1Cl)CC(C)C. The van der Waals surface area contributed by atoms with Gasteiger partial charge in [0, 0.05) is 12.4 Å². The van der Waals surface area contributed by atoms with Gasteiger partial charge in [-0.05, 0) is 55.3 Å². The number of hydrogen-bond acceptors (Lipinski definition) is 2. The third kappa shape index (κ3) is 6.93. The summed E-state index contributed by atoms with van der Waals surface area (Å²) in [7, 11) is 0. The summed E-state index contributed by atoms with van der Waals surface area (Å²) < 4.78 is 0. The Morgan fingerprint density at radius 1 is 1.16 bits per heavy atom.